The van der Waals surface area contributed by atoms with Crippen LogP contribution in [-0.4, -0.2) is 26.0 Å². The van der Waals surface area contributed by atoms with Crippen LogP contribution in [0.5, 0.6) is 5.75 Å². The summed E-state index contributed by atoms with van der Waals surface area (Å²) in [6.07, 6.45) is 3.53. The fourth-order valence-corrected chi connectivity index (χ4v) is 3.09. The van der Waals surface area contributed by atoms with Gasteiger partial charge in [-0.25, -0.2) is 4.79 Å². The Labute approximate surface area is 149 Å². The molecular formula is C20H26O5. The Bertz CT molecular complexity index is 687. The van der Waals surface area contributed by atoms with E-state index in [0.29, 0.717) is 12.2 Å². The van der Waals surface area contributed by atoms with E-state index in [9.17, 15) is 9.59 Å². The molecule has 1 fully saturated rings. The van der Waals surface area contributed by atoms with E-state index in [1.807, 2.05) is 25.1 Å². The molecule has 0 spiro atoms. The maximum Gasteiger partial charge on any atom is 0.377 e. The Morgan fingerprint density at radius 2 is 2.00 bits per heavy atom. The predicted octanol–water partition coefficient (Wildman–Crippen LogP) is 3.90. The number of hydrogen-bond donors (Lipinski definition) is 0. The number of ether oxygens (including phenoxy) is 3. The van der Waals surface area contributed by atoms with E-state index < -0.39 is 5.97 Å². The molecule has 1 aromatic carbocycles. The molecule has 1 aliphatic carbocycles. The lowest BCUT2D eigenvalue weighted by molar-refractivity contribution is -0.138. The van der Waals surface area contributed by atoms with Gasteiger partial charge in [-0.2, -0.15) is 0 Å². The van der Waals surface area contributed by atoms with Crippen molar-refractivity contribution in [3.63, 3.8) is 0 Å². The molecule has 0 heterocycles. The number of carbonyl (C=O) groups excluding carboxylic acids is 2. The molecular weight excluding hydrogens is 320 g/mol. The molecule has 1 unspecified atom stereocenters. The zero-order valence-electron chi connectivity index (χ0n) is 15.5. The van der Waals surface area contributed by atoms with Crippen LogP contribution >= 0.6 is 0 Å². The average Bonchev–Trinajstić information content (AvgIpc) is 2.57. The molecule has 0 amide bonds. The van der Waals surface area contributed by atoms with Crippen molar-refractivity contribution in [1.29, 1.82) is 0 Å². The molecule has 2 rings (SSSR count). The standard InChI is InChI=1S/C20H26O5/c1-13-6-7-14(15-11-20(2,3)9-8-16(15)21)10-17(13)25-18(12-23-4)19(22)24-5/h6-7,10,12,15H,8-9,11H2,1-5H3/b18-12-. The zero-order valence-corrected chi connectivity index (χ0v) is 15.5. The minimum atomic E-state index is -0.624. The molecule has 0 radical (unpaired) electrons. The van der Waals surface area contributed by atoms with E-state index in [0.717, 1.165) is 24.0 Å². The van der Waals surface area contributed by atoms with E-state index in [4.69, 9.17) is 14.2 Å². The van der Waals surface area contributed by atoms with Gasteiger partial charge in [-0.3, -0.25) is 4.79 Å². The molecule has 25 heavy (non-hydrogen) atoms. The largest absolute Gasteiger partial charge is 0.500 e. The Balaban J connectivity index is 2.32. The van der Waals surface area contributed by atoms with Crippen molar-refractivity contribution in [2.75, 3.05) is 14.2 Å². The normalized spacial score (nSPS) is 20.1. The SMILES string of the molecule is CO/C=C(\Oc1cc(C2CC(C)(C)CCC2=O)ccc1C)C(=O)OC. The lowest BCUT2D eigenvalue weighted by Crippen LogP contribution is -2.28. The first kappa shape index (κ1) is 19.0. The van der Waals surface area contributed by atoms with Crippen LogP contribution < -0.4 is 4.74 Å². The summed E-state index contributed by atoms with van der Waals surface area (Å²) in [7, 11) is 2.71. The van der Waals surface area contributed by atoms with Gasteiger partial charge in [0.15, 0.2) is 0 Å². The maximum atomic E-state index is 12.4. The van der Waals surface area contributed by atoms with Crippen LogP contribution in [0.3, 0.4) is 0 Å². The molecule has 1 aliphatic rings. The van der Waals surface area contributed by atoms with Crippen LogP contribution in [0.25, 0.3) is 0 Å². The summed E-state index contributed by atoms with van der Waals surface area (Å²) in [4.78, 5) is 24.2. The summed E-state index contributed by atoms with van der Waals surface area (Å²) >= 11 is 0. The van der Waals surface area contributed by atoms with Crippen molar-refractivity contribution >= 4 is 11.8 Å². The summed E-state index contributed by atoms with van der Waals surface area (Å²) in [5.41, 5.74) is 1.91. The summed E-state index contributed by atoms with van der Waals surface area (Å²) in [6, 6.07) is 5.71. The summed E-state index contributed by atoms with van der Waals surface area (Å²) < 4.78 is 15.3. The van der Waals surface area contributed by atoms with Gasteiger partial charge in [-0.15, -0.1) is 0 Å². The zero-order chi connectivity index (χ0) is 18.6. The molecule has 5 heteroatoms. The van der Waals surface area contributed by atoms with Gasteiger partial charge in [0.2, 0.25) is 5.76 Å². The highest BCUT2D eigenvalue weighted by atomic mass is 16.6. The highest BCUT2D eigenvalue weighted by Crippen LogP contribution is 2.42. The number of methoxy groups -OCH3 is 2. The minimum absolute atomic E-state index is 0.0412. The fraction of sp³-hybridized carbons (Fsp3) is 0.500. The molecule has 0 aromatic heterocycles. The summed E-state index contributed by atoms with van der Waals surface area (Å²) in [5.74, 6) is -0.0288. The molecule has 136 valence electrons. The number of Topliss-reactive ketones (excluding diaryl/α,β-unsaturated/α-hetero) is 1. The van der Waals surface area contributed by atoms with E-state index in [-0.39, 0.29) is 22.9 Å². The Kier molecular flexibility index (Phi) is 5.88. The van der Waals surface area contributed by atoms with Gasteiger partial charge in [0.1, 0.15) is 17.8 Å². The quantitative estimate of drug-likeness (QED) is 0.460. The molecule has 0 saturated heterocycles. The monoisotopic (exact) mass is 346 g/mol. The van der Waals surface area contributed by atoms with Gasteiger partial charge in [-0.05, 0) is 42.4 Å². The summed E-state index contributed by atoms with van der Waals surface area (Å²) in [5, 5.41) is 0. The number of rotatable bonds is 5. The first-order valence-electron chi connectivity index (χ1n) is 8.40. The minimum Gasteiger partial charge on any atom is -0.500 e. The molecule has 0 bridgehead atoms. The van der Waals surface area contributed by atoms with Crippen molar-refractivity contribution in [2.24, 2.45) is 5.41 Å². The fourth-order valence-electron chi connectivity index (χ4n) is 3.09. The number of esters is 1. The topological polar surface area (TPSA) is 61.8 Å². The van der Waals surface area contributed by atoms with Crippen molar-refractivity contribution < 1.29 is 23.8 Å². The number of benzene rings is 1. The third-order valence-corrected chi connectivity index (χ3v) is 4.64. The number of ketones is 1. The van der Waals surface area contributed by atoms with Crippen LogP contribution in [0.1, 0.15) is 50.2 Å². The van der Waals surface area contributed by atoms with E-state index in [1.54, 1.807) is 0 Å². The van der Waals surface area contributed by atoms with Gasteiger partial charge >= 0.3 is 5.97 Å². The Hall–Kier alpha value is -2.30. The third kappa shape index (κ3) is 4.62. The third-order valence-electron chi connectivity index (χ3n) is 4.64. The van der Waals surface area contributed by atoms with Crippen molar-refractivity contribution in [3.05, 3.63) is 41.3 Å². The molecule has 0 N–H and O–H groups in total. The van der Waals surface area contributed by atoms with Crippen LogP contribution in [0, 0.1) is 12.3 Å². The van der Waals surface area contributed by atoms with Gasteiger partial charge < -0.3 is 14.2 Å². The van der Waals surface area contributed by atoms with Crippen LogP contribution in [-0.2, 0) is 19.1 Å². The second-order valence-corrected chi connectivity index (χ2v) is 7.22. The van der Waals surface area contributed by atoms with Crippen molar-refractivity contribution in [2.45, 2.75) is 46.0 Å². The number of carbonyl (C=O) groups is 2. The number of hydrogen-bond acceptors (Lipinski definition) is 5. The highest BCUT2D eigenvalue weighted by molar-refractivity contribution is 5.87. The second kappa shape index (κ2) is 7.72. The smallest absolute Gasteiger partial charge is 0.377 e. The van der Waals surface area contributed by atoms with Crippen molar-refractivity contribution in [1.82, 2.24) is 0 Å². The molecule has 1 atom stereocenters. The Morgan fingerprint density at radius 1 is 1.28 bits per heavy atom. The van der Waals surface area contributed by atoms with Gasteiger partial charge in [0.05, 0.1) is 14.2 Å². The van der Waals surface area contributed by atoms with E-state index in [2.05, 4.69) is 13.8 Å². The molecule has 1 aromatic rings. The molecule has 0 aliphatic heterocycles. The first-order valence-corrected chi connectivity index (χ1v) is 8.40. The Morgan fingerprint density at radius 3 is 2.64 bits per heavy atom. The molecule has 1 saturated carbocycles. The lowest BCUT2D eigenvalue weighted by atomic mass is 9.69. The second-order valence-electron chi connectivity index (χ2n) is 7.22. The van der Waals surface area contributed by atoms with E-state index in [1.165, 1.54) is 20.5 Å². The van der Waals surface area contributed by atoms with Gasteiger partial charge in [-0.1, -0.05) is 26.0 Å². The number of aryl methyl sites for hydroxylation is 1. The highest BCUT2D eigenvalue weighted by Gasteiger charge is 2.34. The van der Waals surface area contributed by atoms with Crippen LogP contribution in [0.2, 0.25) is 0 Å². The van der Waals surface area contributed by atoms with Crippen LogP contribution in [0.15, 0.2) is 30.2 Å². The summed E-state index contributed by atoms with van der Waals surface area (Å²) in [6.45, 7) is 6.26. The predicted molar refractivity (Wildman–Crippen MR) is 94.3 cm³/mol. The first-order chi connectivity index (χ1) is 11.8. The average molecular weight is 346 g/mol. The van der Waals surface area contributed by atoms with Crippen LogP contribution in [0.4, 0.5) is 0 Å². The van der Waals surface area contributed by atoms with Gasteiger partial charge in [0, 0.05) is 12.3 Å². The lowest BCUT2D eigenvalue weighted by Gasteiger charge is -2.34. The van der Waals surface area contributed by atoms with E-state index >= 15 is 0 Å². The van der Waals surface area contributed by atoms with Gasteiger partial charge in [0.25, 0.3) is 0 Å². The molecule has 5 nitrogen and oxygen atoms in total. The van der Waals surface area contributed by atoms with Crippen molar-refractivity contribution in [3.8, 4) is 5.75 Å². The maximum absolute atomic E-state index is 12.4.